The van der Waals surface area contributed by atoms with Crippen molar-refractivity contribution in [3.8, 4) is 22.8 Å². The topological polar surface area (TPSA) is 107 Å². The third-order valence-electron chi connectivity index (χ3n) is 4.61. The maximum absolute atomic E-state index is 12.5. The zero-order valence-electron chi connectivity index (χ0n) is 16.9. The number of pyridine rings is 1. The van der Waals surface area contributed by atoms with Crippen molar-refractivity contribution in [2.24, 2.45) is 0 Å². The van der Waals surface area contributed by atoms with Gasteiger partial charge >= 0.3 is 0 Å². The maximum atomic E-state index is 12.5. The van der Waals surface area contributed by atoms with Gasteiger partial charge in [-0.25, -0.2) is 0 Å². The Morgan fingerprint density at radius 3 is 2.66 bits per heavy atom. The second kappa shape index (κ2) is 9.11. The molecule has 2 heterocycles. The highest BCUT2D eigenvalue weighted by atomic mass is 79.9. The van der Waals surface area contributed by atoms with E-state index < -0.39 is 5.91 Å². The minimum Gasteiger partial charge on any atom is -0.334 e. The Morgan fingerprint density at radius 1 is 1.06 bits per heavy atom. The fraction of sp³-hybridized carbons (Fsp3) is 0.0870. The molecule has 4 rings (SSSR count). The SMILES string of the molecule is CC(=O)c1cccc(NC(=O)Cn2cc(-c3nc(-c4cccc(Br)c4)no3)ccc2=O)c1. The number of nitrogens with zero attached hydrogens (tertiary/aromatic N) is 3. The van der Waals surface area contributed by atoms with Crippen molar-refractivity contribution in [2.75, 3.05) is 5.32 Å². The summed E-state index contributed by atoms with van der Waals surface area (Å²) in [6.07, 6.45) is 1.49. The molecule has 9 heteroatoms. The van der Waals surface area contributed by atoms with E-state index in [4.69, 9.17) is 4.52 Å². The zero-order valence-corrected chi connectivity index (χ0v) is 18.5. The molecule has 8 nitrogen and oxygen atoms in total. The number of Topliss-reactive ketones (excluding diaryl/α,β-unsaturated/α-hetero) is 1. The molecule has 4 aromatic rings. The Morgan fingerprint density at radius 2 is 1.88 bits per heavy atom. The van der Waals surface area contributed by atoms with Crippen molar-refractivity contribution in [1.82, 2.24) is 14.7 Å². The molecule has 0 atom stereocenters. The van der Waals surface area contributed by atoms with Gasteiger partial charge in [-0.2, -0.15) is 4.98 Å². The van der Waals surface area contributed by atoms with E-state index >= 15 is 0 Å². The molecule has 0 saturated heterocycles. The molecule has 0 radical (unpaired) electrons. The number of hydrogen-bond donors (Lipinski definition) is 1. The number of benzene rings is 2. The molecule has 0 aliphatic carbocycles. The average molecular weight is 493 g/mol. The number of ketones is 1. The lowest BCUT2D eigenvalue weighted by atomic mass is 10.1. The van der Waals surface area contributed by atoms with Crippen LogP contribution >= 0.6 is 15.9 Å². The van der Waals surface area contributed by atoms with Gasteiger partial charge in [0.25, 0.3) is 11.4 Å². The molecule has 2 aromatic carbocycles. The number of rotatable bonds is 6. The van der Waals surface area contributed by atoms with E-state index in [2.05, 4.69) is 31.4 Å². The Kier molecular flexibility index (Phi) is 6.09. The molecule has 0 saturated carbocycles. The number of anilines is 1. The van der Waals surface area contributed by atoms with Crippen LogP contribution in [0.5, 0.6) is 0 Å². The van der Waals surface area contributed by atoms with Gasteiger partial charge in [0.1, 0.15) is 6.54 Å². The van der Waals surface area contributed by atoms with Crippen molar-refractivity contribution in [3.63, 3.8) is 0 Å². The van der Waals surface area contributed by atoms with Gasteiger partial charge in [0.15, 0.2) is 5.78 Å². The second-order valence-electron chi connectivity index (χ2n) is 7.00. The van der Waals surface area contributed by atoms with Crippen molar-refractivity contribution in [3.05, 3.63) is 87.3 Å². The van der Waals surface area contributed by atoms with Gasteiger partial charge < -0.3 is 14.4 Å². The summed E-state index contributed by atoms with van der Waals surface area (Å²) in [6.45, 7) is 1.23. The summed E-state index contributed by atoms with van der Waals surface area (Å²) < 4.78 is 7.49. The predicted octanol–water partition coefficient (Wildman–Crippen LogP) is 4.17. The largest absolute Gasteiger partial charge is 0.334 e. The van der Waals surface area contributed by atoms with Gasteiger partial charge in [-0.1, -0.05) is 45.4 Å². The molecule has 1 N–H and O–H groups in total. The van der Waals surface area contributed by atoms with E-state index in [9.17, 15) is 14.4 Å². The summed E-state index contributed by atoms with van der Waals surface area (Å²) in [5.41, 5.74) is 1.88. The molecule has 2 aromatic heterocycles. The molecular formula is C23H17BrN4O4. The lowest BCUT2D eigenvalue weighted by Gasteiger charge is -2.09. The molecule has 160 valence electrons. The molecule has 0 fully saturated rings. The Bertz CT molecular complexity index is 1380. The van der Waals surface area contributed by atoms with Crippen LogP contribution in [0.1, 0.15) is 17.3 Å². The fourth-order valence-electron chi connectivity index (χ4n) is 3.04. The van der Waals surface area contributed by atoms with Crippen molar-refractivity contribution in [1.29, 1.82) is 0 Å². The molecule has 0 aliphatic heterocycles. The fourth-order valence-corrected chi connectivity index (χ4v) is 3.44. The summed E-state index contributed by atoms with van der Waals surface area (Å²) in [7, 11) is 0. The Labute approximate surface area is 191 Å². The molecule has 0 unspecified atom stereocenters. The Balaban J connectivity index is 1.53. The first-order chi connectivity index (χ1) is 15.4. The maximum Gasteiger partial charge on any atom is 0.259 e. The summed E-state index contributed by atoms with van der Waals surface area (Å²) >= 11 is 3.41. The van der Waals surface area contributed by atoms with E-state index in [0.717, 1.165) is 10.0 Å². The van der Waals surface area contributed by atoms with Crippen LogP contribution < -0.4 is 10.9 Å². The second-order valence-corrected chi connectivity index (χ2v) is 7.92. The number of hydrogen-bond acceptors (Lipinski definition) is 6. The number of nitrogens with one attached hydrogen (secondary N) is 1. The van der Waals surface area contributed by atoms with E-state index in [0.29, 0.717) is 22.6 Å². The molecule has 1 amide bonds. The molecule has 0 aliphatic rings. The molecular weight excluding hydrogens is 476 g/mol. The summed E-state index contributed by atoms with van der Waals surface area (Å²) in [5.74, 6) is 0.113. The zero-order chi connectivity index (χ0) is 22.7. The van der Waals surface area contributed by atoms with Crippen LogP contribution in [0.4, 0.5) is 5.69 Å². The van der Waals surface area contributed by atoms with Gasteiger partial charge in [-0.05, 0) is 37.3 Å². The van der Waals surface area contributed by atoms with Crippen LogP contribution in [0.2, 0.25) is 0 Å². The molecule has 32 heavy (non-hydrogen) atoms. The van der Waals surface area contributed by atoms with Crippen molar-refractivity contribution < 1.29 is 14.1 Å². The number of carbonyl (C=O) groups is 2. The number of carbonyl (C=O) groups excluding carboxylic acids is 2. The van der Waals surface area contributed by atoms with Crippen LogP contribution in [0, 0.1) is 0 Å². The lowest BCUT2D eigenvalue weighted by Crippen LogP contribution is -2.26. The van der Waals surface area contributed by atoms with Crippen molar-refractivity contribution >= 4 is 33.3 Å². The third kappa shape index (κ3) is 4.89. The third-order valence-corrected chi connectivity index (χ3v) is 5.10. The normalized spacial score (nSPS) is 10.7. The number of halogens is 1. The minimum absolute atomic E-state index is 0.105. The number of amides is 1. The first-order valence-electron chi connectivity index (χ1n) is 9.60. The van der Waals surface area contributed by atoms with E-state index in [1.807, 2.05) is 24.3 Å². The van der Waals surface area contributed by atoms with Crippen molar-refractivity contribution in [2.45, 2.75) is 13.5 Å². The highest BCUT2D eigenvalue weighted by Gasteiger charge is 2.13. The standard InChI is InChI=1S/C23H17BrN4O4/c1-14(29)15-4-3-7-19(11-15)25-20(30)13-28-12-17(8-9-21(28)31)23-26-22(27-32-23)16-5-2-6-18(24)10-16/h2-12H,13H2,1H3,(H,25,30). The van der Waals surface area contributed by atoms with Crippen LogP contribution in [0.25, 0.3) is 22.8 Å². The summed E-state index contributed by atoms with van der Waals surface area (Å²) in [5, 5.41) is 6.69. The lowest BCUT2D eigenvalue weighted by molar-refractivity contribution is -0.116. The molecule has 0 bridgehead atoms. The Hall–Kier alpha value is -3.85. The van der Waals surface area contributed by atoms with Crippen LogP contribution in [0.15, 0.2) is 80.7 Å². The summed E-state index contributed by atoms with van der Waals surface area (Å²) in [6, 6.07) is 17.0. The smallest absolute Gasteiger partial charge is 0.259 e. The first-order valence-corrected chi connectivity index (χ1v) is 10.4. The van der Waals surface area contributed by atoms with E-state index in [1.165, 1.54) is 23.8 Å². The number of aromatic nitrogens is 3. The van der Waals surface area contributed by atoms with Gasteiger partial charge in [0, 0.05) is 33.6 Å². The van der Waals surface area contributed by atoms with E-state index in [-0.39, 0.29) is 23.8 Å². The molecule has 0 spiro atoms. The van der Waals surface area contributed by atoms with E-state index in [1.54, 1.807) is 30.3 Å². The van der Waals surface area contributed by atoms with Gasteiger partial charge in [-0.15, -0.1) is 0 Å². The van der Waals surface area contributed by atoms with Gasteiger partial charge in [-0.3, -0.25) is 14.4 Å². The average Bonchev–Trinajstić information content (AvgIpc) is 3.26. The van der Waals surface area contributed by atoms with Crippen LogP contribution in [0.3, 0.4) is 0 Å². The van der Waals surface area contributed by atoms with Gasteiger partial charge in [0.05, 0.1) is 5.56 Å². The summed E-state index contributed by atoms with van der Waals surface area (Å²) in [4.78, 5) is 40.6. The first kappa shape index (κ1) is 21.4. The van der Waals surface area contributed by atoms with Gasteiger partial charge in [0.2, 0.25) is 11.7 Å². The monoisotopic (exact) mass is 492 g/mol. The van der Waals surface area contributed by atoms with Crippen LogP contribution in [-0.4, -0.2) is 26.4 Å². The minimum atomic E-state index is -0.412. The highest BCUT2D eigenvalue weighted by Crippen LogP contribution is 2.23. The quantitative estimate of drug-likeness (QED) is 0.404. The predicted molar refractivity (Wildman–Crippen MR) is 122 cm³/mol. The van der Waals surface area contributed by atoms with Crippen LogP contribution in [-0.2, 0) is 11.3 Å². The highest BCUT2D eigenvalue weighted by molar-refractivity contribution is 9.10.